The summed E-state index contributed by atoms with van der Waals surface area (Å²) in [5, 5.41) is 5.66. The molecule has 2 rings (SSSR count). The fourth-order valence-corrected chi connectivity index (χ4v) is 2.79. The molecule has 24 heavy (non-hydrogen) atoms. The first-order valence-corrected chi connectivity index (χ1v) is 8.80. The lowest BCUT2D eigenvalue weighted by Gasteiger charge is -2.12. The van der Waals surface area contributed by atoms with E-state index in [-0.39, 0.29) is 17.0 Å². The molecule has 2 N–H and O–H groups in total. The van der Waals surface area contributed by atoms with Crippen molar-refractivity contribution in [1.82, 2.24) is 9.97 Å². The van der Waals surface area contributed by atoms with Crippen LogP contribution < -0.4 is 10.6 Å². The van der Waals surface area contributed by atoms with Gasteiger partial charge in [0.05, 0.1) is 5.25 Å². The minimum atomic E-state index is -0.317. The SMILES string of the molecule is Cc1ccc(NC(=O)C(C)SCCCNc2ncccn2)cc1F. The summed E-state index contributed by atoms with van der Waals surface area (Å²) in [6.07, 6.45) is 4.26. The number of carbonyl (C=O) groups is 1. The lowest BCUT2D eigenvalue weighted by atomic mass is 10.2. The van der Waals surface area contributed by atoms with Gasteiger partial charge in [-0.1, -0.05) is 6.07 Å². The maximum absolute atomic E-state index is 13.5. The van der Waals surface area contributed by atoms with Crippen molar-refractivity contribution in [2.45, 2.75) is 25.5 Å². The lowest BCUT2D eigenvalue weighted by Crippen LogP contribution is -2.23. The molecule has 0 aliphatic carbocycles. The van der Waals surface area contributed by atoms with Crippen LogP contribution in [0.25, 0.3) is 0 Å². The molecule has 128 valence electrons. The zero-order valence-electron chi connectivity index (χ0n) is 13.8. The van der Waals surface area contributed by atoms with Gasteiger partial charge in [0.15, 0.2) is 0 Å². The minimum Gasteiger partial charge on any atom is -0.354 e. The molecular formula is C17H21FN4OS. The molecule has 1 aromatic carbocycles. The highest BCUT2D eigenvalue weighted by atomic mass is 32.2. The van der Waals surface area contributed by atoms with Crippen molar-refractivity contribution in [2.24, 2.45) is 0 Å². The van der Waals surface area contributed by atoms with Gasteiger partial charge in [-0.05, 0) is 49.8 Å². The Balaban J connectivity index is 1.67. The fraction of sp³-hybridized carbons (Fsp3) is 0.353. The first-order chi connectivity index (χ1) is 11.6. The van der Waals surface area contributed by atoms with Gasteiger partial charge in [-0.3, -0.25) is 4.79 Å². The number of aromatic nitrogens is 2. The maximum Gasteiger partial charge on any atom is 0.237 e. The van der Waals surface area contributed by atoms with Crippen LogP contribution in [0.1, 0.15) is 18.9 Å². The Morgan fingerprint density at radius 3 is 2.79 bits per heavy atom. The average molecular weight is 348 g/mol. The van der Waals surface area contributed by atoms with E-state index < -0.39 is 0 Å². The third-order valence-electron chi connectivity index (χ3n) is 3.35. The summed E-state index contributed by atoms with van der Waals surface area (Å²) in [4.78, 5) is 20.3. The van der Waals surface area contributed by atoms with E-state index in [9.17, 15) is 9.18 Å². The van der Waals surface area contributed by atoms with Crippen LogP contribution in [0.3, 0.4) is 0 Å². The van der Waals surface area contributed by atoms with Crippen LogP contribution in [0, 0.1) is 12.7 Å². The number of aryl methyl sites for hydroxylation is 1. The third-order valence-corrected chi connectivity index (χ3v) is 4.58. The number of amides is 1. The van der Waals surface area contributed by atoms with Gasteiger partial charge in [-0.15, -0.1) is 11.8 Å². The van der Waals surface area contributed by atoms with Gasteiger partial charge in [0.25, 0.3) is 0 Å². The number of hydrogen-bond acceptors (Lipinski definition) is 5. The summed E-state index contributed by atoms with van der Waals surface area (Å²) in [5.74, 6) is 0.996. The van der Waals surface area contributed by atoms with E-state index in [2.05, 4.69) is 20.6 Å². The number of halogens is 1. The zero-order chi connectivity index (χ0) is 17.4. The Kier molecular flexibility index (Phi) is 6.99. The number of benzene rings is 1. The van der Waals surface area contributed by atoms with Crippen molar-refractivity contribution in [3.05, 3.63) is 48.0 Å². The van der Waals surface area contributed by atoms with Crippen LogP contribution in [0.5, 0.6) is 0 Å². The normalized spacial score (nSPS) is 11.8. The van der Waals surface area contributed by atoms with Gasteiger partial charge in [0.1, 0.15) is 5.82 Å². The first kappa shape index (κ1) is 18.2. The molecule has 1 atom stereocenters. The monoisotopic (exact) mass is 348 g/mol. The molecule has 1 aromatic heterocycles. The molecule has 0 spiro atoms. The molecule has 5 nitrogen and oxygen atoms in total. The highest BCUT2D eigenvalue weighted by molar-refractivity contribution is 8.00. The fourth-order valence-electron chi connectivity index (χ4n) is 1.91. The second kappa shape index (κ2) is 9.22. The van der Waals surface area contributed by atoms with E-state index in [1.165, 1.54) is 6.07 Å². The Bertz CT molecular complexity index is 669. The Hall–Kier alpha value is -2.15. The third kappa shape index (κ3) is 5.81. The van der Waals surface area contributed by atoms with Crippen molar-refractivity contribution in [3.63, 3.8) is 0 Å². The predicted octanol–water partition coefficient (Wildman–Crippen LogP) is 3.49. The Labute approximate surface area is 145 Å². The van der Waals surface area contributed by atoms with E-state index in [0.29, 0.717) is 17.2 Å². The van der Waals surface area contributed by atoms with Crippen molar-refractivity contribution in [1.29, 1.82) is 0 Å². The molecule has 0 saturated carbocycles. The van der Waals surface area contributed by atoms with Crippen LogP contribution in [0.4, 0.5) is 16.0 Å². The second-order valence-corrected chi connectivity index (χ2v) is 6.77. The number of rotatable bonds is 8. The predicted molar refractivity (Wildman–Crippen MR) is 96.8 cm³/mol. The first-order valence-electron chi connectivity index (χ1n) is 7.76. The molecular weight excluding hydrogens is 327 g/mol. The Morgan fingerprint density at radius 2 is 2.08 bits per heavy atom. The minimum absolute atomic E-state index is 0.123. The van der Waals surface area contributed by atoms with Gasteiger partial charge in [0.2, 0.25) is 11.9 Å². The summed E-state index contributed by atoms with van der Waals surface area (Å²) in [5.41, 5.74) is 1.05. The number of carbonyl (C=O) groups excluding carboxylic acids is 1. The molecule has 2 aromatic rings. The number of hydrogen-bond donors (Lipinski definition) is 2. The van der Waals surface area contributed by atoms with Crippen LogP contribution in [0.15, 0.2) is 36.7 Å². The maximum atomic E-state index is 13.5. The molecule has 1 unspecified atom stereocenters. The lowest BCUT2D eigenvalue weighted by molar-refractivity contribution is -0.115. The highest BCUT2D eigenvalue weighted by Gasteiger charge is 2.13. The standard InChI is InChI=1S/C17H21FN4OS/c1-12-5-6-14(11-15(12)18)22-16(23)13(2)24-10-4-9-21-17-19-7-3-8-20-17/h3,5-8,11,13H,4,9-10H2,1-2H3,(H,22,23)(H,19,20,21). The van der Waals surface area contributed by atoms with Gasteiger partial charge < -0.3 is 10.6 Å². The van der Waals surface area contributed by atoms with Crippen molar-refractivity contribution in [3.8, 4) is 0 Å². The summed E-state index contributed by atoms with van der Waals surface area (Å²) >= 11 is 1.56. The number of nitrogens with zero attached hydrogens (tertiary/aromatic N) is 2. The van der Waals surface area contributed by atoms with Gasteiger partial charge in [-0.2, -0.15) is 0 Å². The van der Waals surface area contributed by atoms with Gasteiger partial charge in [0, 0.05) is 24.6 Å². The number of nitrogens with one attached hydrogen (secondary N) is 2. The van der Waals surface area contributed by atoms with Crippen LogP contribution in [-0.4, -0.2) is 33.4 Å². The van der Waals surface area contributed by atoms with E-state index in [0.717, 1.165) is 18.7 Å². The van der Waals surface area contributed by atoms with E-state index >= 15 is 0 Å². The largest absolute Gasteiger partial charge is 0.354 e. The molecule has 0 radical (unpaired) electrons. The van der Waals surface area contributed by atoms with Crippen LogP contribution in [-0.2, 0) is 4.79 Å². The smallest absolute Gasteiger partial charge is 0.237 e. The van der Waals surface area contributed by atoms with Crippen molar-refractivity contribution >= 4 is 29.3 Å². The quantitative estimate of drug-likeness (QED) is 0.715. The number of anilines is 2. The second-order valence-electron chi connectivity index (χ2n) is 5.32. The molecule has 0 aliphatic heterocycles. The van der Waals surface area contributed by atoms with E-state index in [1.54, 1.807) is 49.3 Å². The van der Waals surface area contributed by atoms with E-state index in [1.807, 2.05) is 6.92 Å². The highest BCUT2D eigenvalue weighted by Crippen LogP contribution is 2.17. The van der Waals surface area contributed by atoms with Gasteiger partial charge in [-0.25, -0.2) is 14.4 Å². The molecule has 0 aliphatic rings. The van der Waals surface area contributed by atoms with Crippen LogP contribution >= 0.6 is 11.8 Å². The van der Waals surface area contributed by atoms with Crippen molar-refractivity contribution < 1.29 is 9.18 Å². The molecule has 1 heterocycles. The summed E-state index contributed by atoms with van der Waals surface area (Å²) < 4.78 is 13.5. The zero-order valence-corrected chi connectivity index (χ0v) is 14.6. The number of thioether (sulfide) groups is 1. The molecule has 0 saturated heterocycles. The molecule has 1 amide bonds. The molecule has 7 heteroatoms. The Morgan fingerprint density at radius 1 is 1.33 bits per heavy atom. The molecule has 0 fully saturated rings. The average Bonchev–Trinajstić information content (AvgIpc) is 2.58. The summed E-state index contributed by atoms with van der Waals surface area (Å²) in [6, 6.07) is 6.47. The van der Waals surface area contributed by atoms with Gasteiger partial charge >= 0.3 is 0 Å². The summed E-state index contributed by atoms with van der Waals surface area (Å²) in [7, 11) is 0. The van der Waals surface area contributed by atoms with Crippen molar-refractivity contribution in [2.75, 3.05) is 22.9 Å². The summed E-state index contributed by atoms with van der Waals surface area (Å²) in [6.45, 7) is 4.28. The topological polar surface area (TPSA) is 66.9 Å². The molecule has 0 bridgehead atoms. The van der Waals surface area contributed by atoms with Crippen LogP contribution in [0.2, 0.25) is 0 Å². The van der Waals surface area contributed by atoms with E-state index in [4.69, 9.17) is 0 Å².